The zero-order valence-corrected chi connectivity index (χ0v) is 18.1. The van der Waals surface area contributed by atoms with Gasteiger partial charge in [-0.3, -0.25) is 4.79 Å². The van der Waals surface area contributed by atoms with E-state index in [2.05, 4.69) is 10.3 Å². The van der Waals surface area contributed by atoms with E-state index in [4.69, 9.17) is 4.74 Å². The van der Waals surface area contributed by atoms with Gasteiger partial charge in [-0.25, -0.2) is 9.78 Å². The van der Waals surface area contributed by atoms with Gasteiger partial charge in [0.05, 0.1) is 27.6 Å². The number of nitrogens with one attached hydrogen (secondary N) is 1. The second-order valence-corrected chi connectivity index (χ2v) is 10.2. The number of para-hydroxylation sites is 1. The molecule has 1 N–H and O–H groups in total. The molecule has 2 heterocycles. The molecule has 8 heteroatoms. The third-order valence-electron chi connectivity index (χ3n) is 4.56. The number of hydrogen-bond donors (Lipinski definition) is 1. The first-order chi connectivity index (χ1) is 13.6. The number of aromatic nitrogens is 1. The quantitative estimate of drug-likeness (QED) is 0.431. The summed E-state index contributed by atoms with van der Waals surface area (Å²) in [6, 6.07) is 7.94. The average Bonchev–Trinajstić information content (AvgIpc) is 3.34. The molecule has 0 spiro atoms. The molecule has 1 aliphatic rings. The predicted octanol–water partition coefficient (Wildman–Crippen LogP) is 5.14. The number of amides is 1. The number of carbonyl (C=O) groups is 2. The van der Waals surface area contributed by atoms with Crippen molar-refractivity contribution in [1.29, 1.82) is 0 Å². The summed E-state index contributed by atoms with van der Waals surface area (Å²) < 4.78 is 7.20. The maximum Gasteiger partial charge on any atom is 0.341 e. The number of hydrogen-bond acceptors (Lipinski definition) is 7. The fourth-order valence-electron chi connectivity index (χ4n) is 3.23. The zero-order chi connectivity index (χ0) is 19.7. The number of rotatable bonds is 6. The molecule has 0 saturated heterocycles. The number of benzene rings is 1. The molecular weight excluding hydrogens is 412 g/mol. The van der Waals surface area contributed by atoms with Gasteiger partial charge < -0.3 is 10.1 Å². The Hall–Kier alpha value is -1.90. The Morgan fingerprint density at radius 1 is 1.29 bits per heavy atom. The van der Waals surface area contributed by atoms with Crippen molar-refractivity contribution >= 4 is 61.5 Å². The number of thioether (sulfide) groups is 1. The lowest BCUT2D eigenvalue weighted by Crippen LogP contribution is -2.23. The summed E-state index contributed by atoms with van der Waals surface area (Å²) in [6.07, 6.45) is 2.87. The molecular formula is C20H20N2O3S3. The van der Waals surface area contributed by atoms with E-state index in [9.17, 15) is 9.59 Å². The highest BCUT2D eigenvalue weighted by atomic mass is 32.2. The first-order valence-corrected chi connectivity index (χ1v) is 11.7. The van der Waals surface area contributed by atoms with Crippen LogP contribution in [-0.4, -0.2) is 28.7 Å². The number of anilines is 1. The number of carbonyl (C=O) groups excluding carboxylic acids is 2. The Morgan fingerprint density at radius 2 is 2.11 bits per heavy atom. The molecule has 1 amide bonds. The van der Waals surface area contributed by atoms with Gasteiger partial charge in [0.2, 0.25) is 5.91 Å². The third-order valence-corrected chi connectivity index (χ3v) is 8.00. The van der Waals surface area contributed by atoms with Gasteiger partial charge in [-0.2, -0.15) is 0 Å². The molecule has 0 fully saturated rings. The van der Waals surface area contributed by atoms with E-state index < -0.39 is 0 Å². The first kappa shape index (κ1) is 19.4. The zero-order valence-electron chi connectivity index (χ0n) is 15.6. The smallest absolute Gasteiger partial charge is 0.341 e. The van der Waals surface area contributed by atoms with Crippen LogP contribution in [0.15, 0.2) is 28.6 Å². The summed E-state index contributed by atoms with van der Waals surface area (Å²) in [4.78, 5) is 31.0. The van der Waals surface area contributed by atoms with Crippen LogP contribution in [0.1, 0.15) is 41.1 Å². The molecule has 146 valence electrons. The van der Waals surface area contributed by atoms with Crippen molar-refractivity contribution in [1.82, 2.24) is 4.98 Å². The van der Waals surface area contributed by atoms with Crippen LogP contribution in [0.25, 0.3) is 10.2 Å². The van der Waals surface area contributed by atoms with E-state index in [0.717, 1.165) is 39.4 Å². The van der Waals surface area contributed by atoms with Gasteiger partial charge in [0, 0.05) is 4.88 Å². The van der Waals surface area contributed by atoms with E-state index in [0.29, 0.717) is 17.2 Å². The summed E-state index contributed by atoms with van der Waals surface area (Å²) >= 11 is 4.52. The molecule has 0 unspecified atom stereocenters. The van der Waals surface area contributed by atoms with Crippen LogP contribution in [0.4, 0.5) is 5.00 Å². The largest absolute Gasteiger partial charge is 0.462 e. The molecule has 28 heavy (non-hydrogen) atoms. The van der Waals surface area contributed by atoms with Crippen LogP contribution in [0.3, 0.4) is 0 Å². The maximum atomic E-state index is 12.8. The van der Waals surface area contributed by atoms with Crippen molar-refractivity contribution in [3.05, 3.63) is 40.3 Å². The molecule has 1 aliphatic carbocycles. The topological polar surface area (TPSA) is 68.3 Å². The molecule has 0 bridgehead atoms. The summed E-state index contributed by atoms with van der Waals surface area (Å²) in [5, 5.41) is 3.26. The molecule has 4 rings (SSSR count). The average molecular weight is 433 g/mol. The van der Waals surface area contributed by atoms with E-state index >= 15 is 0 Å². The lowest BCUT2D eigenvalue weighted by atomic mass is 10.1. The van der Waals surface area contributed by atoms with Crippen molar-refractivity contribution in [3.63, 3.8) is 0 Å². The van der Waals surface area contributed by atoms with Gasteiger partial charge in [0.25, 0.3) is 0 Å². The van der Waals surface area contributed by atoms with Crippen LogP contribution in [0.2, 0.25) is 0 Å². The van der Waals surface area contributed by atoms with Crippen LogP contribution in [-0.2, 0) is 22.4 Å². The molecule has 2 aromatic heterocycles. The summed E-state index contributed by atoms with van der Waals surface area (Å²) in [5.41, 5.74) is 2.54. The van der Waals surface area contributed by atoms with Crippen molar-refractivity contribution in [2.45, 2.75) is 42.7 Å². The monoisotopic (exact) mass is 432 g/mol. The number of fused-ring (bicyclic) bond motifs is 2. The summed E-state index contributed by atoms with van der Waals surface area (Å²) in [5.74, 6) is -0.474. The van der Waals surface area contributed by atoms with Gasteiger partial charge in [-0.05, 0) is 50.8 Å². The number of nitrogens with zero attached hydrogens (tertiary/aromatic N) is 1. The third kappa shape index (κ3) is 3.81. The highest BCUT2D eigenvalue weighted by Crippen LogP contribution is 2.40. The number of ether oxygens (including phenoxy) is 1. The Balaban J connectivity index is 1.50. The standard InChI is InChI=1S/C20H20N2O3S3/c1-3-25-19(24)16-12-7-6-10-14(12)27-18(16)22-17(23)11(2)26-20-21-13-8-4-5-9-15(13)28-20/h4-5,8-9,11H,3,6-7,10H2,1-2H3,(H,22,23)/t11-/m0/s1. The van der Waals surface area contributed by atoms with Gasteiger partial charge >= 0.3 is 5.97 Å². The van der Waals surface area contributed by atoms with Crippen LogP contribution in [0, 0.1) is 0 Å². The van der Waals surface area contributed by atoms with Crippen molar-refractivity contribution in [2.75, 3.05) is 11.9 Å². The number of thiophene rings is 1. The SMILES string of the molecule is CCOC(=O)c1c(NC(=O)[C@H](C)Sc2nc3ccccc3s2)sc2c1CCC2. The normalized spacial score (nSPS) is 14.1. The van der Waals surface area contributed by atoms with Crippen molar-refractivity contribution in [3.8, 4) is 0 Å². The van der Waals surface area contributed by atoms with Crippen molar-refractivity contribution < 1.29 is 14.3 Å². The Bertz CT molecular complexity index is 1010. The van der Waals surface area contributed by atoms with E-state index in [1.807, 2.05) is 31.2 Å². The Labute approximate surface area is 175 Å². The molecule has 5 nitrogen and oxygen atoms in total. The molecule has 3 aromatic rings. The molecule has 1 aromatic carbocycles. The van der Waals surface area contributed by atoms with Crippen LogP contribution < -0.4 is 5.32 Å². The van der Waals surface area contributed by atoms with Gasteiger partial charge in [0.15, 0.2) is 4.34 Å². The fourth-order valence-corrected chi connectivity index (χ4v) is 6.72. The minimum absolute atomic E-state index is 0.130. The summed E-state index contributed by atoms with van der Waals surface area (Å²) in [7, 11) is 0. The Kier molecular flexibility index (Phi) is 5.70. The lowest BCUT2D eigenvalue weighted by molar-refractivity contribution is -0.115. The van der Waals surface area contributed by atoms with E-state index in [-0.39, 0.29) is 17.1 Å². The molecule has 0 radical (unpaired) electrons. The number of esters is 1. The predicted molar refractivity (Wildman–Crippen MR) is 116 cm³/mol. The lowest BCUT2D eigenvalue weighted by Gasteiger charge is -2.11. The molecule has 0 aliphatic heterocycles. The summed E-state index contributed by atoms with van der Waals surface area (Å²) in [6.45, 7) is 3.97. The minimum Gasteiger partial charge on any atom is -0.462 e. The highest BCUT2D eigenvalue weighted by Gasteiger charge is 2.29. The maximum absolute atomic E-state index is 12.8. The Morgan fingerprint density at radius 3 is 2.89 bits per heavy atom. The minimum atomic E-state index is -0.344. The van der Waals surface area contributed by atoms with E-state index in [1.54, 1.807) is 18.3 Å². The number of aryl methyl sites for hydroxylation is 1. The number of thiazole rings is 1. The fraction of sp³-hybridized carbons (Fsp3) is 0.350. The van der Waals surface area contributed by atoms with Crippen LogP contribution >= 0.6 is 34.4 Å². The van der Waals surface area contributed by atoms with Gasteiger partial charge in [0.1, 0.15) is 5.00 Å². The molecule has 0 saturated carbocycles. The first-order valence-electron chi connectivity index (χ1n) is 9.21. The van der Waals surface area contributed by atoms with Crippen LogP contribution in [0.5, 0.6) is 0 Å². The second-order valence-electron chi connectivity index (χ2n) is 6.48. The second kappa shape index (κ2) is 8.23. The molecule has 1 atom stereocenters. The van der Waals surface area contributed by atoms with Gasteiger partial charge in [-0.15, -0.1) is 22.7 Å². The highest BCUT2D eigenvalue weighted by molar-refractivity contribution is 8.02. The van der Waals surface area contributed by atoms with E-state index in [1.165, 1.54) is 28.0 Å². The van der Waals surface area contributed by atoms with Gasteiger partial charge in [-0.1, -0.05) is 23.9 Å². The van der Waals surface area contributed by atoms with Crippen molar-refractivity contribution in [2.24, 2.45) is 0 Å².